The van der Waals surface area contributed by atoms with Gasteiger partial charge < -0.3 is 9.62 Å². The van der Waals surface area contributed by atoms with E-state index in [9.17, 15) is 0 Å². The highest BCUT2D eigenvalue weighted by Gasteiger charge is 2.35. The van der Waals surface area contributed by atoms with Gasteiger partial charge in [-0.05, 0) is 42.7 Å². The topological polar surface area (TPSA) is 6.48 Å². The van der Waals surface area contributed by atoms with Crippen molar-refractivity contribution in [1.29, 1.82) is 0 Å². The lowest BCUT2D eigenvalue weighted by molar-refractivity contribution is 0.227. The zero-order valence-corrected chi connectivity index (χ0v) is 21.1. The van der Waals surface area contributed by atoms with Crippen molar-refractivity contribution >= 4 is 25.5 Å². The fourth-order valence-corrected chi connectivity index (χ4v) is 6.38. The summed E-state index contributed by atoms with van der Waals surface area (Å²) in [6.45, 7) is 18.8. The van der Waals surface area contributed by atoms with Crippen LogP contribution in [-0.4, -0.2) is 40.8 Å². The molecule has 0 spiro atoms. The Morgan fingerprint density at radius 1 is 0.600 bits per heavy atom. The highest BCUT2D eigenvalue weighted by Crippen LogP contribution is 2.35. The molecule has 0 aliphatic carbocycles. The summed E-state index contributed by atoms with van der Waals surface area (Å²) in [6.07, 6.45) is 0. The molecule has 0 bridgehead atoms. The maximum Gasteiger partial charge on any atom is 0.339 e. The summed E-state index contributed by atoms with van der Waals surface area (Å²) in [5, 5.41) is 2.80. The van der Waals surface area contributed by atoms with E-state index in [1.807, 2.05) is 0 Å². The van der Waals surface area contributed by atoms with E-state index in [2.05, 4.69) is 137 Å². The third kappa shape index (κ3) is 6.54. The third-order valence-electron chi connectivity index (χ3n) is 5.47. The van der Waals surface area contributed by atoms with Gasteiger partial charge in [0.1, 0.15) is 0 Å². The fraction of sp³-hybridized carbons (Fsp3) is 0.462. The van der Waals surface area contributed by atoms with Gasteiger partial charge in [-0.15, -0.1) is 0 Å². The van der Waals surface area contributed by atoms with Crippen molar-refractivity contribution in [3.8, 4) is 0 Å². The molecule has 2 aromatic carbocycles. The normalized spacial score (nSPS) is 12.6. The molecule has 2 rings (SSSR count). The molecule has 0 atom stereocenters. The zero-order valence-electron chi connectivity index (χ0n) is 20.2. The first-order chi connectivity index (χ1) is 14.2. The summed E-state index contributed by atoms with van der Waals surface area (Å²) >= 11 is 0. The Morgan fingerprint density at radius 2 is 0.933 bits per heavy atom. The van der Waals surface area contributed by atoms with Crippen molar-refractivity contribution in [2.45, 2.75) is 79.6 Å². The Balaban J connectivity index is 2.53. The van der Waals surface area contributed by atoms with E-state index in [-0.39, 0.29) is 6.98 Å². The zero-order chi connectivity index (χ0) is 22.3. The van der Waals surface area contributed by atoms with Crippen LogP contribution in [0, 0.1) is 0 Å². The smallest absolute Gasteiger partial charge is 0.320 e. The molecule has 0 N–H and O–H groups in total. The van der Waals surface area contributed by atoms with Crippen LogP contribution in [0.2, 0.25) is 0 Å². The van der Waals surface area contributed by atoms with E-state index in [0.717, 1.165) is 0 Å². The molecular formula is C26H40BN2P. The molecule has 2 aromatic rings. The van der Waals surface area contributed by atoms with Crippen molar-refractivity contribution in [3.63, 3.8) is 0 Å². The summed E-state index contributed by atoms with van der Waals surface area (Å²) in [6, 6.07) is 23.8. The average Bonchev–Trinajstić information content (AvgIpc) is 2.68. The maximum atomic E-state index is 2.64. The number of benzene rings is 2. The number of hydrogen-bond donors (Lipinski definition) is 0. The van der Waals surface area contributed by atoms with Crippen molar-refractivity contribution in [1.82, 2.24) is 9.62 Å². The van der Waals surface area contributed by atoms with Crippen molar-refractivity contribution in [3.05, 3.63) is 72.5 Å². The van der Waals surface area contributed by atoms with Gasteiger partial charge in [0.2, 0.25) is 0 Å². The van der Waals surface area contributed by atoms with Crippen LogP contribution in [0.15, 0.2) is 72.5 Å². The second kappa shape index (κ2) is 11.8. The van der Waals surface area contributed by atoms with Gasteiger partial charge >= 0.3 is 6.98 Å². The second-order valence-corrected chi connectivity index (χ2v) is 11.1. The van der Waals surface area contributed by atoms with E-state index >= 15 is 0 Å². The first-order valence-corrected chi connectivity index (χ1v) is 12.8. The second-order valence-electron chi connectivity index (χ2n) is 9.07. The largest absolute Gasteiger partial charge is 0.339 e. The first-order valence-electron chi connectivity index (χ1n) is 11.4. The minimum atomic E-state index is -0.544. The van der Waals surface area contributed by atoms with Gasteiger partial charge in [-0.25, -0.2) is 0 Å². The summed E-state index contributed by atoms with van der Waals surface area (Å²) in [5.41, 5.74) is 0. The Bertz CT molecular complexity index is 684. The minimum Gasteiger partial charge on any atom is -0.320 e. The van der Waals surface area contributed by atoms with Crippen LogP contribution in [0.5, 0.6) is 0 Å². The quantitative estimate of drug-likeness (QED) is 0.348. The molecule has 2 nitrogen and oxygen atoms in total. The van der Waals surface area contributed by atoms with Crippen LogP contribution in [0.25, 0.3) is 0 Å². The Kier molecular flexibility index (Phi) is 9.81. The standard InChI is InChI=1S/C26H40BN2P/c1-21(2)28(22(3)4)27(29(23(5)6)24(7)8)19-20-30(25-15-11-9-12-16-25)26-17-13-10-14-18-26/h9-24H,1-8H3/b20-19-. The van der Waals surface area contributed by atoms with Crippen molar-refractivity contribution in [2.75, 3.05) is 0 Å². The first kappa shape index (κ1) is 24.9. The predicted molar refractivity (Wildman–Crippen MR) is 138 cm³/mol. The molecule has 0 aliphatic heterocycles. The monoisotopic (exact) mass is 422 g/mol. The van der Waals surface area contributed by atoms with Gasteiger partial charge in [0, 0.05) is 0 Å². The average molecular weight is 422 g/mol. The van der Waals surface area contributed by atoms with Gasteiger partial charge in [-0.2, -0.15) is 0 Å². The van der Waals surface area contributed by atoms with Crippen LogP contribution < -0.4 is 10.6 Å². The summed E-state index contributed by atoms with van der Waals surface area (Å²) < 4.78 is 0. The Morgan fingerprint density at radius 3 is 1.23 bits per heavy atom. The van der Waals surface area contributed by atoms with Gasteiger partial charge in [0.15, 0.2) is 0 Å². The Labute approximate surface area is 187 Å². The van der Waals surface area contributed by atoms with E-state index in [4.69, 9.17) is 0 Å². The predicted octanol–water partition coefficient (Wildman–Crippen LogP) is 5.90. The molecule has 0 amide bonds. The van der Waals surface area contributed by atoms with Gasteiger partial charge in [0.25, 0.3) is 0 Å². The summed E-state index contributed by atoms with van der Waals surface area (Å²) in [7, 11) is -0.544. The summed E-state index contributed by atoms with van der Waals surface area (Å²) in [5.74, 6) is 4.96. The lowest BCUT2D eigenvalue weighted by Crippen LogP contribution is -2.60. The molecular weight excluding hydrogens is 382 g/mol. The fourth-order valence-electron chi connectivity index (χ4n) is 4.43. The van der Waals surface area contributed by atoms with E-state index < -0.39 is 7.92 Å². The van der Waals surface area contributed by atoms with Gasteiger partial charge in [-0.1, -0.05) is 128 Å². The van der Waals surface area contributed by atoms with Crippen LogP contribution in [-0.2, 0) is 0 Å². The molecule has 0 radical (unpaired) electrons. The highest BCUT2D eigenvalue weighted by molar-refractivity contribution is 7.75. The molecule has 0 saturated heterocycles. The lowest BCUT2D eigenvalue weighted by Gasteiger charge is -2.44. The highest BCUT2D eigenvalue weighted by atomic mass is 31.1. The molecule has 30 heavy (non-hydrogen) atoms. The SMILES string of the molecule is CC(C)N(B(/C=C\P(c1ccccc1)c1ccccc1)N(C(C)C)C(C)C)C(C)C. The molecule has 162 valence electrons. The molecule has 0 aromatic heterocycles. The molecule has 4 heteroatoms. The van der Waals surface area contributed by atoms with E-state index in [1.54, 1.807) is 0 Å². The van der Waals surface area contributed by atoms with E-state index in [0.29, 0.717) is 24.2 Å². The van der Waals surface area contributed by atoms with Crippen molar-refractivity contribution < 1.29 is 0 Å². The van der Waals surface area contributed by atoms with Crippen LogP contribution in [0.1, 0.15) is 55.4 Å². The van der Waals surface area contributed by atoms with Crippen molar-refractivity contribution in [2.24, 2.45) is 0 Å². The maximum absolute atomic E-state index is 2.64. The number of nitrogens with zero attached hydrogens (tertiary/aromatic N) is 2. The van der Waals surface area contributed by atoms with Gasteiger partial charge in [0.05, 0.1) is 0 Å². The Hall–Kier alpha value is -1.41. The third-order valence-corrected chi connectivity index (χ3v) is 7.65. The molecule has 0 fully saturated rings. The van der Waals surface area contributed by atoms with Crippen LogP contribution in [0.4, 0.5) is 0 Å². The number of rotatable bonds is 10. The molecule has 0 saturated carbocycles. The lowest BCUT2D eigenvalue weighted by atomic mass is 9.67. The van der Waals surface area contributed by atoms with E-state index in [1.165, 1.54) is 10.6 Å². The van der Waals surface area contributed by atoms with Gasteiger partial charge in [-0.3, -0.25) is 0 Å². The summed E-state index contributed by atoms with van der Waals surface area (Å²) in [4.78, 5) is 5.28. The molecule has 0 aliphatic rings. The van der Waals surface area contributed by atoms with Crippen LogP contribution in [0.3, 0.4) is 0 Å². The van der Waals surface area contributed by atoms with Crippen LogP contribution >= 0.6 is 7.92 Å². The number of hydrogen-bond acceptors (Lipinski definition) is 2. The minimum absolute atomic E-state index is 0.266. The molecule has 0 heterocycles. The molecule has 0 unspecified atom stereocenters.